The fourth-order valence-electron chi connectivity index (χ4n) is 2.65. The van der Waals surface area contributed by atoms with Gasteiger partial charge in [-0.2, -0.15) is 0 Å². The van der Waals surface area contributed by atoms with Crippen molar-refractivity contribution in [2.75, 3.05) is 0 Å². The van der Waals surface area contributed by atoms with Crippen molar-refractivity contribution in [3.05, 3.63) is 72.1 Å². The SMILES string of the molecule is CCC(C)(C)NC(=O)c1ccc(Oc2ncc(-c3ccccc3C)cn2)cc1. The third kappa shape index (κ3) is 4.74. The molecule has 0 aliphatic rings. The van der Waals surface area contributed by atoms with E-state index in [1.54, 1.807) is 36.7 Å². The Balaban J connectivity index is 1.67. The van der Waals surface area contributed by atoms with Gasteiger partial charge in [-0.25, -0.2) is 9.97 Å². The maximum Gasteiger partial charge on any atom is 0.321 e. The van der Waals surface area contributed by atoms with E-state index in [9.17, 15) is 4.79 Å². The van der Waals surface area contributed by atoms with Gasteiger partial charge in [0.25, 0.3) is 5.91 Å². The Bertz CT molecular complexity index is 948. The second-order valence-electron chi connectivity index (χ2n) is 7.39. The average Bonchev–Trinajstić information content (AvgIpc) is 2.69. The van der Waals surface area contributed by atoms with Gasteiger partial charge in [0.1, 0.15) is 5.75 Å². The number of aromatic nitrogens is 2. The summed E-state index contributed by atoms with van der Waals surface area (Å²) >= 11 is 0. The highest BCUT2D eigenvalue weighted by atomic mass is 16.5. The van der Waals surface area contributed by atoms with E-state index in [1.807, 2.05) is 39.0 Å². The van der Waals surface area contributed by atoms with Crippen LogP contribution in [0.5, 0.6) is 11.8 Å². The van der Waals surface area contributed by atoms with E-state index in [-0.39, 0.29) is 17.5 Å². The number of aryl methyl sites for hydroxylation is 1. The quantitative estimate of drug-likeness (QED) is 0.646. The van der Waals surface area contributed by atoms with Crippen molar-refractivity contribution in [1.29, 1.82) is 0 Å². The lowest BCUT2D eigenvalue weighted by atomic mass is 10.0. The van der Waals surface area contributed by atoms with Gasteiger partial charge in [-0.15, -0.1) is 0 Å². The van der Waals surface area contributed by atoms with Crippen LogP contribution in [0.15, 0.2) is 60.9 Å². The summed E-state index contributed by atoms with van der Waals surface area (Å²) in [6.45, 7) is 8.10. The smallest absolute Gasteiger partial charge is 0.321 e. The predicted octanol–water partition coefficient (Wildman–Crippen LogP) is 5.16. The molecule has 3 rings (SSSR count). The third-order valence-corrected chi connectivity index (χ3v) is 4.75. The molecule has 0 bridgehead atoms. The Morgan fingerprint density at radius 3 is 2.29 bits per heavy atom. The second kappa shape index (κ2) is 8.21. The standard InChI is InChI=1S/C23H25N3O2/c1-5-23(3,4)26-21(27)17-10-12-19(13-11-17)28-22-24-14-18(15-25-22)20-9-7-6-8-16(20)2/h6-15H,5H2,1-4H3,(H,26,27). The molecule has 28 heavy (non-hydrogen) atoms. The topological polar surface area (TPSA) is 64.1 Å². The Kier molecular flexibility index (Phi) is 5.73. The van der Waals surface area contributed by atoms with Crippen LogP contribution in [-0.2, 0) is 0 Å². The highest BCUT2D eigenvalue weighted by Crippen LogP contribution is 2.24. The summed E-state index contributed by atoms with van der Waals surface area (Å²) in [7, 11) is 0. The second-order valence-corrected chi connectivity index (χ2v) is 7.39. The number of hydrogen-bond donors (Lipinski definition) is 1. The summed E-state index contributed by atoms with van der Waals surface area (Å²) in [5.41, 5.74) is 3.55. The number of nitrogens with one attached hydrogen (secondary N) is 1. The molecule has 1 heterocycles. The van der Waals surface area contributed by atoms with Crippen LogP contribution in [0.1, 0.15) is 43.1 Å². The van der Waals surface area contributed by atoms with Gasteiger partial charge in [0.05, 0.1) is 0 Å². The van der Waals surface area contributed by atoms with Gasteiger partial charge in [-0.3, -0.25) is 4.79 Å². The molecule has 3 aromatic rings. The third-order valence-electron chi connectivity index (χ3n) is 4.75. The van der Waals surface area contributed by atoms with Crippen molar-refractivity contribution >= 4 is 5.91 Å². The van der Waals surface area contributed by atoms with Crippen LogP contribution in [0.4, 0.5) is 0 Å². The molecule has 5 heteroatoms. The van der Waals surface area contributed by atoms with Gasteiger partial charge in [0.15, 0.2) is 0 Å². The molecule has 0 radical (unpaired) electrons. The first-order valence-electron chi connectivity index (χ1n) is 9.36. The van der Waals surface area contributed by atoms with Crippen LogP contribution in [0.3, 0.4) is 0 Å². The van der Waals surface area contributed by atoms with Crippen LogP contribution in [0.25, 0.3) is 11.1 Å². The minimum atomic E-state index is -0.237. The number of benzene rings is 2. The van der Waals surface area contributed by atoms with E-state index < -0.39 is 0 Å². The molecule has 1 N–H and O–H groups in total. The number of nitrogens with zero attached hydrogens (tertiary/aromatic N) is 2. The van der Waals surface area contributed by atoms with Gasteiger partial charge in [-0.1, -0.05) is 31.2 Å². The summed E-state index contributed by atoms with van der Waals surface area (Å²) in [4.78, 5) is 20.9. The molecule has 5 nitrogen and oxygen atoms in total. The maximum atomic E-state index is 12.3. The van der Waals surface area contributed by atoms with E-state index in [0.29, 0.717) is 11.3 Å². The van der Waals surface area contributed by atoms with Gasteiger partial charge < -0.3 is 10.1 Å². The summed E-state index contributed by atoms with van der Waals surface area (Å²) in [6, 6.07) is 15.3. The molecule has 0 fully saturated rings. The number of carbonyl (C=O) groups excluding carboxylic acids is 1. The lowest BCUT2D eigenvalue weighted by Gasteiger charge is -2.24. The highest BCUT2D eigenvalue weighted by Gasteiger charge is 2.18. The maximum absolute atomic E-state index is 12.3. The van der Waals surface area contributed by atoms with E-state index in [1.165, 1.54) is 5.56 Å². The van der Waals surface area contributed by atoms with Gasteiger partial charge in [0.2, 0.25) is 0 Å². The average molecular weight is 375 g/mol. The van der Waals surface area contributed by atoms with Crippen molar-refractivity contribution in [1.82, 2.24) is 15.3 Å². The Morgan fingerprint density at radius 2 is 1.68 bits per heavy atom. The Labute approximate surface area is 165 Å². The minimum absolute atomic E-state index is 0.0998. The summed E-state index contributed by atoms with van der Waals surface area (Å²) < 4.78 is 5.70. The predicted molar refractivity (Wildman–Crippen MR) is 111 cm³/mol. The number of hydrogen-bond acceptors (Lipinski definition) is 4. The molecule has 0 saturated heterocycles. The van der Waals surface area contributed by atoms with Gasteiger partial charge in [-0.05, 0) is 62.6 Å². The largest absolute Gasteiger partial charge is 0.424 e. The molecule has 144 valence electrons. The molecule has 0 saturated carbocycles. The van der Waals surface area contributed by atoms with Crippen molar-refractivity contribution in [3.8, 4) is 22.9 Å². The number of rotatable bonds is 6. The fraction of sp³-hybridized carbons (Fsp3) is 0.261. The number of amides is 1. The van der Waals surface area contributed by atoms with Crippen molar-refractivity contribution in [2.24, 2.45) is 0 Å². The molecule has 0 spiro atoms. The lowest BCUT2D eigenvalue weighted by molar-refractivity contribution is 0.0911. The van der Waals surface area contributed by atoms with Crippen LogP contribution in [0, 0.1) is 6.92 Å². The zero-order valence-corrected chi connectivity index (χ0v) is 16.7. The van der Waals surface area contributed by atoms with Crippen LogP contribution >= 0.6 is 0 Å². The monoisotopic (exact) mass is 375 g/mol. The molecular formula is C23H25N3O2. The van der Waals surface area contributed by atoms with Crippen molar-refractivity contribution < 1.29 is 9.53 Å². The van der Waals surface area contributed by atoms with E-state index >= 15 is 0 Å². The zero-order chi connectivity index (χ0) is 20.1. The Hall–Kier alpha value is -3.21. The Morgan fingerprint density at radius 1 is 1.04 bits per heavy atom. The molecule has 2 aromatic carbocycles. The van der Waals surface area contributed by atoms with Crippen molar-refractivity contribution in [2.45, 2.75) is 39.7 Å². The van der Waals surface area contributed by atoms with Gasteiger partial charge >= 0.3 is 6.01 Å². The highest BCUT2D eigenvalue weighted by molar-refractivity contribution is 5.94. The van der Waals surface area contributed by atoms with Crippen LogP contribution in [-0.4, -0.2) is 21.4 Å². The molecule has 1 aromatic heterocycles. The molecule has 0 aliphatic heterocycles. The molecule has 0 unspecified atom stereocenters. The summed E-state index contributed by atoms with van der Waals surface area (Å²) in [6.07, 6.45) is 4.36. The minimum Gasteiger partial charge on any atom is -0.424 e. The van der Waals surface area contributed by atoms with Crippen LogP contribution < -0.4 is 10.1 Å². The molecule has 0 atom stereocenters. The summed E-state index contributed by atoms with van der Waals surface area (Å²) in [5.74, 6) is 0.479. The van der Waals surface area contributed by atoms with E-state index in [4.69, 9.17) is 4.74 Å². The van der Waals surface area contributed by atoms with Gasteiger partial charge in [0, 0.05) is 29.1 Å². The molecule has 1 amide bonds. The van der Waals surface area contributed by atoms with E-state index in [0.717, 1.165) is 17.5 Å². The zero-order valence-electron chi connectivity index (χ0n) is 16.7. The first-order chi connectivity index (χ1) is 13.4. The normalized spacial score (nSPS) is 11.1. The molecular weight excluding hydrogens is 350 g/mol. The fourth-order valence-corrected chi connectivity index (χ4v) is 2.65. The van der Waals surface area contributed by atoms with Crippen molar-refractivity contribution in [3.63, 3.8) is 0 Å². The lowest BCUT2D eigenvalue weighted by Crippen LogP contribution is -2.42. The number of ether oxygens (including phenoxy) is 1. The summed E-state index contributed by atoms with van der Waals surface area (Å²) in [5, 5.41) is 3.01. The van der Waals surface area contributed by atoms with Crippen LogP contribution in [0.2, 0.25) is 0 Å². The first kappa shape index (κ1) is 19.5. The first-order valence-corrected chi connectivity index (χ1v) is 9.36. The number of carbonyl (C=O) groups is 1. The molecule has 0 aliphatic carbocycles. The van der Waals surface area contributed by atoms with E-state index in [2.05, 4.69) is 28.3 Å².